The summed E-state index contributed by atoms with van der Waals surface area (Å²) in [6.07, 6.45) is 4.10. The number of carbonyl (C=O) groups excluding carboxylic acids is 1. The van der Waals surface area contributed by atoms with Crippen LogP contribution in [0.1, 0.15) is 44.4 Å². The van der Waals surface area contributed by atoms with Gasteiger partial charge in [0.15, 0.2) is 0 Å². The van der Waals surface area contributed by atoms with Crippen LogP contribution in [0, 0.1) is 0 Å². The number of nitrogens with zero attached hydrogens (tertiary/aromatic N) is 1. The highest BCUT2D eigenvalue weighted by Crippen LogP contribution is 2.24. The van der Waals surface area contributed by atoms with E-state index in [4.69, 9.17) is 0 Å². The van der Waals surface area contributed by atoms with E-state index in [9.17, 15) is 4.79 Å². The second-order valence-corrected chi connectivity index (χ2v) is 6.11. The molecule has 1 fully saturated rings. The standard InChI is InChI=1S/C14H21NOS/c1-11(2)15(10-12-6-5-9-17-12)13-7-3-4-8-14(13)16/h5-6,9,11,13H,3-4,7-8,10H2,1-2H3. The molecule has 1 unspecified atom stereocenters. The smallest absolute Gasteiger partial charge is 0.149 e. The molecule has 1 aromatic rings. The van der Waals surface area contributed by atoms with Crippen molar-refractivity contribution < 1.29 is 4.79 Å². The van der Waals surface area contributed by atoms with E-state index in [1.165, 1.54) is 11.3 Å². The molecule has 94 valence electrons. The van der Waals surface area contributed by atoms with Gasteiger partial charge in [-0.1, -0.05) is 12.5 Å². The Bertz CT molecular complexity index is 358. The second kappa shape index (κ2) is 5.78. The summed E-state index contributed by atoms with van der Waals surface area (Å²) in [6.45, 7) is 5.30. The van der Waals surface area contributed by atoms with E-state index >= 15 is 0 Å². The number of carbonyl (C=O) groups is 1. The number of hydrogen-bond donors (Lipinski definition) is 0. The maximum absolute atomic E-state index is 12.0. The highest BCUT2D eigenvalue weighted by atomic mass is 32.1. The zero-order chi connectivity index (χ0) is 12.3. The van der Waals surface area contributed by atoms with Crippen molar-refractivity contribution in [2.75, 3.05) is 0 Å². The first kappa shape index (κ1) is 12.8. The molecule has 2 nitrogen and oxygen atoms in total. The molecule has 1 saturated carbocycles. The molecule has 1 atom stereocenters. The van der Waals surface area contributed by atoms with Gasteiger partial charge in [-0.05, 0) is 38.1 Å². The fourth-order valence-electron chi connectivity index (χ4n) is 2.55. The maximum Gasteiger partial charge on any atom is 0.149 e. The van der Waals surface area contributed by atoms with Gasteiger partial charge in [0.05, 0.1) is 6.04 Å². The van der Waals surface area contributed by atoms with Crippen LogP contribution < -0.4 is 0 Å². The minimum Gasteiger partial charge on any atom is -0.298 e. The predicted octanol–water partition coefficient (Wildman–Crippen LogP) is 3.47. The van der Waals surface area contributed by atoms with Crippen LogP contribution in [0.3, 0.4) is 0 Å². The van der Waals surface area contributed by atoms with Gasteiger partial charge >= 0.3 is 0 Å². The topological polar surface area (TPSA) is 20.3 Å². The normalized spacial score (nSPS) is 21.4. The zero-order valence-corrected chi connectivity index (χ0v) is 11.5. The first-order valence-electron chi connectivity index (χ1n) is 6.49. The Balaban J connectivity index is 2.08. The van der Waals surface area contributed by atoms with Gasteiger partial charge in [-0.25, -0.2) is 0 Å². The highest BCUT2D eigenvalue weighted by Gasteiger charge is 2.29. The molecule has 0 spiro atoms. The van der Waals surface area contributed by atoms with E-state index in [-0.39, 0.29) is 6.04 Å². The van der Waals surface area contributed by atoms with Crippen molar-refractivity contribution in [3.05, 3.63) is 22.4 Å². The zero-order valence-electron chi connectivity index (χ0n) is 10.7. The summed E-state index contributed by atoms with van der Waals surface area (Å²) in [5.41, 5.74) is 0. The molecule has 0 radical (unpaired) electrons. The van der Waals surface area contributed by atoms with E-state index in [0.29, 0.717) is 11.8 Å². The molecule has 1 heterocycles. The van der Waals surface area contributed by atoms with Crippen LogP contribution in [0.2, 0.25) is 0 Å². The van der Waals surface area contributed by atoms with E-state index in [2.05, 4.69) is 36.3 Å². The van der Waals surface area contributed by atoms with Crippen LogP contribution in [0.25, 0.3) is 0 Å². The van der Waals surface area contributed by atoms with E-state index in [1.54, 1.807) is 11.3 Å². The molecular formula is C14H21NOS. The summed E-state index contributed by atoms with van der Waals surface area (Å²) in [7, 11) is 0. The van der Waals surface area contributed by atoms with Gasteiger partial charge < -0.3 is 0 Å². The number of rotatable bonds is 4. The van der Waals surface area contributed by atoms with Gasteiger partial charge in [0.1, 0.15) is 5.78 Å². The SMILES string of the molecule is CC(C)N(Cc1cccs1)C1CCCCC1=O. The summed E-state index contributed by atoms with van der Waals surface area (Å²) < 4.78 is 0. The Morgan fingerprint density at radius 1 is 1.47 bits per heavy atom. The largest absolute Gasteiger partial charge is 0.298 e. The van der Waals surface area contributed by atoms with Crippen molar-refractivity contribution in [3.63, 3.8) is 0 Å². The summed E-state index contributed by atoms with van der Waals surface area (Å²) in [4.78, 5) is 15.8. The van der Waals surface area contributed by atoms with Crippen molar-refractivity contribution in [2.45, 2.75) is 58.2 Å². The van der Waals surface area contributed by atoms with E-state index in [0.717, 1.165) is 25.8 Å². The molecule has 1 aliphatic carbocycles. The monoisotopic (exact) mass is 251 g/mol. The Kier molecular flexibility index (Phi) is 4.35. The third-order valence-electron chi connectivity index (χ3n) is 3.50. The summed E-state index contributed by atoms with van der Waals surface area (Å²) in [5.74, 6) is 0.446. The Labute approximate surface area is 108 Å². The average molecular weight is 251 g/mol. The fourth-order valence-corrected chi connectivity index (χ4v) is 3.26. The number of Topliss-reactive ketones (excluding diaryl/α,β-unsaturated/α-hetero) is 1. The molecule has 0 amide bonds. The molecule has 3 heteroatoms. The lowest BCUT2D eigenvalue weighted by Gasteiger charge is -2.35. The average Bonchev–Trinajstić information content (AvgIpc) is 2.79. The minimum absolute atomic E-state index is 0.158. The van der Waals surface area contributed by atoms with Crippen LogP contribution in [-0.2, 0) is 11.3 Å². The Morgan fingerprint density at radius 2 is 2.29 bits per heavy atom. The van der Waals surface area contributed by atoms with Crippen molar-refractivity contribution >= 4 is 17.1 Å². The Morgan fingerprint density at radius 3 is 2.88 bits per heavy atom. The molecule has 0 N–H and O–H groups in total. The van der Waals surface area contributed by atoms with Crippen LogP contribution in [-0.4, -0.2) is 22.8 Å². The highest BCUT2D eigenvalue weighted by molar-refractivity contribution is 7.09. The van der Waals surface area contributed by atoms with Crippen molar-refractivity contribution in [3.8, 4) is 0 Å². The molecule has 1 aromatic heterocycles. The van der Waals surface area contributed by atoms with Gasteiger partial charge in [0.2, 0.25) is 0 Å². The molecule has 0 aliphatic heterocycles. The first-order chi connectivity index (χ1) is 8.18. The number of thiophene rings is 1. The summed E-state index contributed by atoms with van der Waals surface area (Å²) >= 11 is 1.78. The van der Waals surface area contributed by atoms with Gasteiger partial charge in [-0.15, -0.1) is 11.3 Å². The third-order valence-corrected chi connectivity index (χ3v) is 4.37. The summed E-state index contributed by atoms with van der Waals surface area (Å²) in [6, 6.07) is 4.84. The van der Waals surface area contributed by atoms with Crippen LogP contribution >= 0.6 is 11.3 Å². The lowest BCUT2D eigenvalue weighted by molar-refractivity contribution is -0.127. The molecule has 0 aromatic carbocycles. The van der Waals surface area contributed by atoms with Crippen molar-refractivity contribution in [1.82, 2.24) is 4.90 Å². The molecule has 17 heavy (non-hydrogen) atoms. The van der Waals surface area contributed by atoms with Gasteiger partial charge in [0.25, 0.3) is 0 Å². The fraction of sp³-hybridized carbons (Fsp3) is 0.643. The van der Waals surface area contributed by atoms with Gasteiger partial charge in [-0.2, -0.15) is 0 Å². The van der Waals surface area contributed by atoms with Crippen LogP contribution in [0.15, 0.2) is 17.5 Å². The molecule has 0 bridgehead atoms. The molecular weight excluding hydrogens is 230 g/mol. The van der Waals surface area contributed by atoms with Crippen LogP contribution in [0.4, 0.5) is 0 Å². The molecule has 0 saturated heterocycles. The second-order valence-electron chi connectivity index (χ2n) is 5.07. The minimum atomic E-state index is 0.158. The van der Waals surface area contributed by atoms with E-state index in [1.807, 2.05) is 0 Å². The maximum atomic E-state index is 12.0. The van der Waals surface area contributed by atoms with Gasteiger partial charge in [0, 0.05) is 23.9 Å². The third kappa shape index (κ3) is 3.17. The van der Waals surface area contributed by atoms with Gasteiger partial charge in [-0.3, -0.25) is 9.69 Å². The molecule has 2 rings (SSSR count). The van der Waals surface area contributed by atoms with Crippen molar-refractivity contribution in [1.29, 1.82) is 0 Å². The molecule has 1 aliphatic rings. The number of hydrogen-bond acceptors (Lipinski definition) is 3. The van der Waals surface area contributed by atoms with Crippen molar-refractivity contribution in [2.24, 2.45) is 0 Å². The number of ketones is 1. The predicted molar refractivity (Wildman–Crippen MR) is 72.3 cm³/mol. The lowest BCUT2D eigenvalue weighted by atomic mass is 9.92. The lowest BCUT2D eigenvalue weighted by Crippen LogP contribution is -2.45. The Hall–Kier alpha value is -0.670. The quantitative estimate of drug-likeness (QED) is 0.816. The van der Waals surface area contributed by atoms with Crippen LogP contribution in [0.5, 0.6) is 0 Å². The summed E-state index contributed by atoms with van der Waals surface area (Å²) in [5, 5.41) is 2.11. The first-order valence-corrected chi connectivity index (χ1v) is 7.37. The van der Waals surface area contributed by atoms with E-state index < -0.39 is 0 Å².